The van der Waals surface area contributed by atoms with Gasteiger partial charge in [0.25, 0.3) is 5.91 Å². The van der Waals surface area contributed by atoms with Crippen molar-refractivity contribution in [1.82, 2.24) is 14.7 Å². The third-order valence-corrected chi connectivity index (χ3v) is 4.01. The molecule has 6 heteroatoms. The van der Waals surface area contributed by atoms with Gasteiger partial charge in [-0.05, 0) is 33.1 Å². The van der Waals surface area contributed by atoms with Crippen LogP contribution >= 0.6 is 0 Å². The van der Waals surface area contributed by atoms with Crippen LogP contribution in [0.2, 0.25) is 0 Å². The Morgan fingerprint density at radius 2 is 2.19 bits per heavy atom. The van der Waals surface area contributed by atoms with Gasteiger partial charge >= 0.3 is 5.97 Å². The number of carboxylic acid groups (broad SMARTS) is 1. The molecule has 0 saturated heterocycles. The molecule has 1 N–H and O–H groups in total. The number of nitrogens with zero attached hydrogens (tertiary/aromatic N) is 3. The van der Waals surface area contributed by atoms with Crippen molar-refractivity contribution in [2.75, 3.05) is 0 Å². The quantitative estimate of drug-likeness (QED) is 0.835. The van der Waals surface area contributed by atoms with E-state index in [9.17, 15) is 14.7 Å². The number of carbonyl (C=O) groups is 2. The Morgan fingerprint density at radius 3 is 2.71 bits per heavy atom. The van der Waals surface area contributed by atoms with E-state index >= 15 is 0 Å². The van der Waals surface area contributed by atoms with Gasteiger partial charge in [-0.25, -0.2) is 4.79 Å². The van der Waals surface area contributed by atoms with Crippen LogP contribution in [0.5, 0.6) is 0 Å². The minimum Gasteiger partial charge on any atom is -0.480 e. The highest BCUT2D eigenvalue weighted by atomic mass is 16.4. The molecule has 116 valence electrons. The van der Waals surface area contributed by atoms with Crippen LogP contribution in [0.3, 0.4) is 0 Å². The van der Waals surface area contributed by atoms with Crippen molar-refractivity contribution in [2.24, 2.45) is 0 Å². The van der Waals surface area contributed by atoms with Gasteiger partial charge in [0.05, 0.1) is 11.8 Å². The summed E-state index contributed by atoms with van der Waals surface area (Å²) in [5.41, 5.74) is 1.34. The van der Waals surface area contributed by atoms with Crippen molar-refractivity contribution in [2.45, 2.75) is 65.1 Å². The molecule has 1 aliphatic carbocycles. The first-order valence-corrected chi connectivity index (χ1v) is 7.55. The van der Waals surface area contributed by atoms with Crippen molar-refractivity contribution >= 4 is 11.9 Å². The zero-order chi connectivity index (χ0) is 15.6. The standard InChI is InChI=1S/C15H23N3O3/c1-4-5-8-17-10(2)13(9-16-17)14(19)18(12-6-7-12)11(3)15(20)21/h9,11-12H,4-8H2,1-3H3,(H,20,21). The van der Waals surface area contributed by atoms with Crippen LogP contribution in [0.4, 0.5) is 0 Å². The van der Waals surface area contributed by atoms with E-state index in [1.54, 1.807) is 13.1 Å². The number of rotatable bonds is 7. The van der Waals surface area contributed by atoms with Crippen molar-refractivity contribution in [3.63, 3.8) is 0 Å². The molecule has 6 nitrogen and oxygen atoms in total. The number of unbranched alkanes of at least 4 members (excludes halogenated alkanes) is 1. The third-order valence-electron chi connectivity index (χ3n) is 4.01. The van der Waals surface area contributed by atoms with Crippen LogP contribution in [0.15, 0.2) is 6.20 Å². The average molecular weight is 293 g/mol. The van der Waals surface area contributed by atoms with Gasteiger partial charge in [-0.2, -0.15) is 5.10 Å². The summed E-state index contributed by atoms with van der Waals surface area (Å²) in [7, 11) is 0. The van der Waals surface area contributed by atoms with E-state index in [-0.39, 0.29) is 11.9 Å². The van der Waals surface area contributed by atoms with Crippen LogP contribution in [0.1, 0.15) is 55.6 Å². The predicted octanol–water partition coefficient (Wildman–Crippen LogP) is 2.07. The number of aliphatic carboxylic acids is 1. The highest BCUT2D eigenvalue weighted by Gasteiger charge is 2.39. The molecule has 0 bridgehead atoms. The Bertz CT molecular complexity index is 534. The summed E-state index contributed by atoms with van der Waals surface area (Å²) in [5, 5.41) is 13.5. The molecule has 1 saturated carbocycles. The van der Waals surface area contributed by atoms with Crippen molar-refractivity contribution < 1.29 is 14.7 Å². The summed E-state index contributed by atoms with van der Waals surface area (Å²) in [6, 6.07) is -0.745. The summed E-state index contributed by atoms with van der Waals surface area (Å²) in [6.07, 6.45) is 5.40. The van der Waals surface area contributed by atoms with E-state index in [2.05, 4.69) is 12.0 Å². The molecule has 1 aromatic heterocycles. The van der Waals surface area contributed by atoms with Gasteiger partial charge in [0.15, 0.2) is 0 Å². The van der Waals surface area contributed by atoms with Crippen LogP contribution < -0.4 is 0 Å². The molecule has 1 aliphatic rings. The first kappa shape index (κ1) is 15.5. The molecule has 1 amide bonds. The van der Waals surface area contributed by atoms with Crippen LogP contribution in [0, 0.1) is 6.92 Å². The lowest BCUT2D eigenvalue weighted by Gasteiger charge is -2.26. The lowest BCUT2D eigenvalue weighted by molar-refractivity contribution is -0.141. The van der Waals surface area contributed by atoms with Gasteiger partial charge in [-0.15, -0.1) is 0 Å². The number of hydrogen-bond donors (Lipinski definition) is 1. The van der Waals surface area contributed by atoms with Gasteiger partial charge in [-0.1, -0.05) is 13.3 Å². The summed E-state index contributed by atoms with van der Waals surface area (Å²) in [5.74, 6) is -1.18. The van der Waals surface area contributed by atoms with E-state index in [4.69, 9.17) is 0 Å². The molecule has 0 aromatic carbocycles. The zero-order valence-electron chi connectivity index (χ0n) is 12.9. The van der Waals surface area contributed by atoms with Crippen molar-refractivity contribution in [3.05, 3.63) is 17.5 Å². The molecule has 2 rings (SSSR count). The molecule has 1 unspecified atom stereocenters. The molecular weight excluding hydrogens is 270 g/mol. The summed E-state index contributed by atoms with van der Waals surface area (Å²) >= 11 is 0. The SMILES string of the molecule is CCCCn1ncc(C(=O)N(C2CC2)C(C)C(=O)O)c1C. The van der Waals surface area contributed by atoms with Gasteiger partial charge in [0.1, 0.15) is 6.04 Å². The minimum absolute atomic E-state index is 0.0574. The number of amides is 1. The fraction of sp³-hybridized carbons (Fsp3) is 0.667. The highest BCUT2D eigenvalue weighted by Crippen LogP contribution is 2.30. The molecule has 0 radical (unpaired) electrons. The molecule has 1 aromatic rings. The fourth-order valence-corrected chi connectivity index (χ4v) is 2.46. The van der Waals surface area contributed by atoms with Gasteiger partial charge in [0.2, 0.25) is 0 Å². The zero-order valence-corrected chi connectivity index (χ0v) is 12.9. The maximum atomic E-state index is 12.7. The van der Waals surface area contributed by atoms with E-state index < -0.39 is 12.0 Å². The lowest BCUT2D eigenvalue weighted by atomic mass is 10.2. The van der Waals surface area contributed by atoms with Crippen molar-refractivity contribution in [1.29, 1.82) is 0 Å². The third kappa shape index (κ3) is 3.25. The fourth-order valence-electron chi connectivity index (χ4n) is 2.46. The van der Waals surface area contributed by atoms with Crippen LogP contribution in [0.25, 0.3) is 0 Å². The second-order valence-corrected chi connectivity index (χ2v) is 5.68. The van der Waals surface area contributed by atoms with Gasteiger partial charge in [0, 0.05) is 18.3 Å². The molecule has 21 heavy (non-hydrogen) atoms. The Kier molecular flexibility index (Phi) is 4.65. The molecule has 0 spiro atoms. The van der Waals surface area contributed by atoms with E-state index in [1.165, 1.54) is 4.90 Å². The van der Waals surface area contributed by atoms with Gasteiger partial charge in [-0.3, -0.25) is 9.48 Å². The Labute approximate surface area is 124 Å². The van der Waals surface area contributed by atoms with Crippen LogP contribution in [-0.2, 0) is 11.3 Å². The van der Waals surface area contributed by atoms with E-state index in [0.717, 1.165) is 37.9 Å². The molecular formula is C15H23N3O3. The summed E-state index contributed by atoms with van der Waals surface area (Å²) < 4.78 is 1.83. The molecule has 1 heterocycles. The topological polar surface area (TPSA) is 75.4 Å². The predicted molar refractivity (Wildman–Crippen MR) is 78.2 cm³/mol. The Hall–Kier alpha value is -1.85. The Morgan fingerprint density at radius 1 is 1.52 bits per heavy atom. The second kappa shape index (κ2) is 6.28. The normalized spacial score (nSPS) is 15.8. The largest absolute Gasteiger partial charge is 0.480 e. The molecule has 1 fully saturated rings. The number of aromatic nitrogens is 2. The summed E-state index contributed by atoms with van der Waals surface area (Å²) in [6.45, 7) is 6.32. The first-order valence-electron chi connectivity index (χ1n) is 7.55. The summed E-state index contributed by atoms with van der Waals surface area (Å²) in [4.78, 5) is 25.4. The Balaban J connectivity index is 2.21. The second-order valence-electron chi connectivity index (χ2n) is 5.68. The number of hydrogen-bond acceptors (Lipinski definition) is 3. The average Bonchev–Trinajstić information content (AvgIpc) is 3.20. The molecule has 1 atom stereocenters. The van der Waals surface area contributed by atoms with E-state index in [0.29, 0.717) is 5.56 Å². The number of carbonyl (C=O) groups excluding carboxylic acids is 1. The first-order chi connectivity index (χ1) is 9.97. The van der Waals surface area contributed by atoms with Gasteiger partial charge < -0.3 is 10.0 Å². The maximum Gasteiger partial charge on any atom is 0.326 e. The maximum absolute atomic E-state index is 12.7. The number of aryl methyl sites for hydroxylation is 1. The highest BCUT2D eigenvalue weighted by molar-refractivity contribution is 5.97. The van der Waals surface area contributed by atoms with Crippen LogP contribution in [-0.4, -0.2) is 43.7 Å². The number of carboxylic acids is 1. The van der Waals surface area contributed by atoms with E-state index in [1.807, 2.05) is 11.6 Å². The minimum atomic E-state index is -0.966. The lowest BCUT2D eigenvalue weighted by Crippen LogP contribution is -2.44. The monoisotopic (exact) mass is 293 g/mol. The van der Waals surface area contributed by atoms with Crippen molar-refractivity contribution in [3.8, 4) is 0 Å². The molecule has 0 aliphatic heterocycles. The smallest absolute Gasteiger partial charge is 0.326 e.